The largest absolute Gasteiger partial charge is 0.478 e. The van der Waals surface area contributed by atoms with E-state index in [1.165, 1.54) is 6.07 Å². The number of carbonyl (C=O) groups excluding carboxylic acids is 1. The molecule has 6 nitrogen and oxygen atoms in total. The minimum atomic E-state index is -0.290. The predicted octanol–water partition coefficient (Wildman–Crippen LogP) is 2.29. The SMILES string of the molecule is Cc1c(OCC(=O)NCc2ccccn2)c(=O)ccn1CCC(C)C. The van der Waals surface area contributed by atoms with Gasteiger partial charge in [0.05, 0.1) is 17.9 Å². The van der Waals surface area contributed by atoms with Crippen LogP contribution in [0.2, 0.25) is 0 Å². The van der Waals surface area contributed by atoms with Crippen molar-refractivity contribution in [2.75, 3.05) is 6.61 Å². The van der Waals surface area contributed by atoms with Gasteiger partial charge in [0.25, 0.3) is 5.91 Å². The number of amides is 1. The van der Waals surface area contributed by atoms with E-state index in [2.05, 4.69) is 24.1 Å². The topological polar surface area (TPSA) is 73.2 Å². The lowest BCUT2D eigenvalue weighted by Gasteiger charge is -2.15. The summed E-state index contributed by atoms with van der Waals surface area (Å²) in [6.45, 7) is 7.09. The lowest BCUT2D eigenvalue weighted by atomic mass is 10.1. The van der Waals surface area contributed by atoms with Crippen LogP contribution in [0.1, 0.15) is 31.7 Å². The highest BCUT2D eigenvalue weighted by Gasteiger charge is 2.11. The summed E-state index contributed by atoms with van der Waals surface area (Å²) in [5.74, 6) is 0.516. The number of aryl methyl sites for hydroxylation is 1. The van der Waals surface area contributed by atoms with Crippen molar-refractivity contribution in [1.82, 2.24) is 14.9 Å². The van der Waals surface area contributed by atoms with Gasteiger partial charge in [-0.15, -0.1) is 0 Å². The minimum absolute atomic E-state index is 0.197. The second-order valence-electron chi connectivity index (χ2n) is 6.36. The Hall–Kier alpha value is -2.63. The summed E-state index contributed by atoms with van der Waals surface area (Å²) in [5, 5.41) is 2.73. The molecule has 134 valence electrons. The molecule has 0 aliphatic heterocycles. The van der Waals surface area contributed by atoms with Crippen molar-refractivity contribution >= 4 is 5.91 Å². The fourth-order valence-corrected chi connectivity index (χ4v) is 2.35. The van der Waals surface area contributed by atoms with E-state index in [0.29, 0.717) is 12.5 Å². The average Bonchev–Trinajstić information content (AvgIpc) is 2.60. The number of ether oxygens (including phenoxy) is 1. The molecule has 0 radical (unpaired) electrons. The van der Waals surface area contributed by atoms with Gasteiger partial charge in [-0.05, 0) is 31.4 Å². The summed E-state index contributed by atoms with van der Waals surface area (Å²) >= 11 is 0. The molecular weight excluding hydrogens is 318 g/mol. The second-order valence-corrected chi connectivity index (χ2v) is 6.36. The lowest BCUT2D eigenvalue weighted by Crippen LogP contribution is -2.30. The molecule has 0 aliphatic carbocycles. The van der Waals surface area contributed by atoms with Gasteiger partial charge in [-0.25, -0.2) is 0 Å². The molecule has 0 fully saturated rings. The van der Waals surface area contributed by atoms with Crippen molar-refractivity contribution in [2.24, 2.45) is 5.92 Å². The van der Waals surface area contributed by atoms with Gasteiger partial charge in [0.2, 0.25) is 5.43 Å². The molecule has 25 heavy (non-hydrogen) atoms. The molecule has 0 bridgehead atoms. The molecule has 0 aromatic carbocycles. The Morgan fingerprint density at radius 1 is 1.32 bits per heavy atom. The third kappa shape index (κ3) is 5.74. The minimum Gasteiger partial charge on any atom is -0.478 e. The lowest BCUT2D eigenvalue weighted by molar-refractivity contribution is -0.123. The highest BCUT2D eigenvalue weighted by Crippen LogP contribution is 2.13. The van der Waals surface area contributed by atoms with Crippen LogP contribution in [0.15, 0.2) is 41.5 Å². The van der Waals surface area contributed by atoms with Crippen molar-refractivity contribution in [1.29, 1.82) is 0 Å². The van der Waals surface area contributed by atoms with Crippen LogP contribution in [0.25, 0.3) is 0 Å². The molecule has 2 aromatic rings. The zero-order valence-electron chi connectivity index (χ0n) is 15.0. The quantitative estimate of drug-likeness (QED) is 0.798. The molecule has 1 amide bonds. The van der Waals surface area contributed by atoms with E-state index in [9.17, 15) is 9.59 Å². The van der Waals surface area contributed by atoms with Crippen LogP contribution in [-0.2, 0) is 17.9 Å². The van der Waals surface area contributed by atoms with Crippen molar-refractivity contribution in [3.05, 3.63) is 58.3 Å². The fraction of sp³-hybridized carbons (Fsp3) is 0.421. The Morgan fingerprint density at radius 2 is 2.12 bits per heavy atom. The molecule has 0 saturated heterocycles. The molecule has 0 saturated carbocycles. The van der Waals surface area contributed by atoms with Gasteiger partial charge in [0, 0.05) is 25.0 Å². The first-order valence-electron chi connectivity index (χ1n) is 8.47. The van der Waals surface area contributed by atoms with Crippen LogP contribution in [-0.4, -0.2) is 22.1 Å². The number of pyridine rings is 2. The molecule has 0 spiro atoms. The van der Waals surface area contributed by atoms with Gasteiger partial charge in [0.1, 0.15) is 0 Å². The van der Waals surface area contributed by atoms with Gasteiger partial charge < -0.3 is 14.6 Å². The number of hydrogen-bond acceptors (Lipinski definition) is 4. The fourth-order valence-electron chi connectivity index (χ4n) is 2.35. The van der Waals surface area contributed by atoms with E-state index in [4.69, 9.17) is 4.74 Å². The first kappa shape index (κ1) is 18.7. The molecule has 1 N–H and O–H groups in total. The Bertz CT molecular complexity index is 754. The van der Waals surface area contributed by atoms with Crippen LogP contribution in [0.4, 0.5) is 0 Å². The highest BCUT2D eigenvalue weighted by atomic mass is 16.5. The zero-order valence-corrected chi connectivity index (χ0v) is 15.0. The molecule has 2 rings (SSSR count). The van der Waals surface area contributed by atoms with E-state index >= 15 is 0 Å². The predicted molar refractivity (Wildman–Crippen MR) is 96.5 cm³/mol. The Kier molecular flexibility index (Phi) is 6.74. The normalized spacial score (nSPS) is 10.7. The third-order valence-electron chi connectivity index (χ3n) is 3.88. The van der Waals surface area contributed by atoms with Crippen molar-refractivity contribution in [2.45, 2.75) is 40.3 Å². The summed E-state index contributed by atoms with van der Waals surface area (Å²) in [5.41, 5.74) is 1.30. The maximum Gasteiger partial charge on any atom is 0.258 e. The molecule has 0 unspecified atom stereocenters. The van der Waals surface area contributed by atoms with Crippen LogP contribution in [0.5, 0.6) is 5.75 Å². The maximum atomic E-state index is 12.0. The van der Waals surface area contributed by atoms with Crippen molar-refractivity contribution in [3.8, 4) is 5.75 Å². The number of nitrogens with one attached hydrogen (secondary N) is 1. The van der Waals surface area contributed by atoms with Gasteiger partial charge >= 0.3 is 0 Å². The van der Waals surface area contributed by atoms with E-state index in [-0.39, 0.29) is 23.7 Å². The summed E-state index contributed by atoms with van der Waals surface area (Å²) in [6.07, 6.45) is 4.45. The van der Waals surface area contributed by atoms with Gasteiger partial charge in [-0.2, -0.15) is 0 Å². The van der Waals surface area contributed by atoms with E-state index in [1.807, 2.05) is 29.7 Å². The zero-order chi connectivity index (χ0) is 18.2. The Labute approximate surface area is 147 Å². The highest BCUT2D eigenvalue weighted by molar-refractivity contribution is 5.77. The molecule has 0 atom stereocenters. The number of aromatic nitrogens is 2. The number of hydrogen-bond donors (Lipinski definition) is 1. The Morgan fingerprint density at radius 3 is 2.80 bits per heavy atom. The van der Waals surface area contributed by atoms with Crippen LogP contribution >= 0.6 is 0 Å². The van der Waals surface area contributed by atoms with Crippen LogP contribution in [0.3, 0.4) is 0 Å². The standard InChI is InChI=1S/C19H25N3O3/c1-14(2)7-10-22-11-8-17(23)19(15(22)3)25-13-18(24)21-12-16-6-4-5-9-20-16/h4-6,8-9,11,14H,7,10,12-13H2,1-3H3,(H,21,24). The Balaban J connectivity index is 1.94. The van der Waals surface area contributed by atoms with E-state index < -0.39 is 0 Å². The third-order valence-corrected chi connectivity index (χ3v) is 3.88. The molecule has 2 heterocycles. The van der Waals surface area contributed by atoms with Crippen molar-refractivity contribution in [3.63, 3.8) is 0 Å². The number of nitrogens with zero attached hydrogens (tertiary/aromatic N) is 2. The average molecular weight is 343 g/mol. The van der Waals surface area contributed by atoms with Crippen LogP contribution in [0, 0.1) is 12.8 Å². The number of carbonyl (C=O) groups is 1. The van der Waals surface area contributed by atoms with Crippen molar-refractivity contribution < 1.29 is 9.53 Å². The second kappa shape index (κ2) is 9.01. The molecule has 6 heteroatoms. The summed E-state index contributed by atoms with van der Waals surface area (Å²) in [7, 11) is 0. The first-order chi connectivity index (χ1) is 12.0. The van der Waals surface area contributed by atoms with E-state index in [0.717, 1.165) is 24.4 Å². The molecule has 0 aliphatic rings. The van der Waals surface area contributed by atoms with E-state index in [1.54, 1.807) is 12.4 Å². The van der Waals surface area contributed by atoms with Crippen LogP contribution < -0.4 is 15.5 Å². The monoisotopic (exact) mass is 343 g/mol. The number of rotatable bonds is 8. The first-order valence-corrected chi connectivity index (χ1v) is 8.47. The maximum absolute atomic E-state index is 12.0. The summed E-state index contributed by atoms with van der Waals surface area (Å²) < 4.78 is 7.49. The summed E-state index contributed by atoms with van der Waals surface area (Å²) in [6, 6.07) is 6.99. The molecular formula is C19H25N3O3. The molecule has 2 aromatic heterocycles. The van der Waals surface area contributed by atoms with Gasteiger partial charge in [0.15, 0.2) is 12.4 Å². The summed E-state index contributed by atoms with van der Waals surface area (Å²) in [4.78, 5) is 28.1. The smallest absolute Gasteiger partial charge is 0.258 e. The van der Waals surface area contributed by atoms with Gasteiger partial charge in [-0.3, -0.25) is 14.6 Å². The van der Waals surface area contributed by atoms with Gasteiger partial charge in [-0.1, -0.05) is 19.9 Å².